The van der Waals surface area contributed by atoms with Crippen molar-refractivity contribution in [1.29, 1.82) is 0 Å². The molecule has 1 aromatic rings. The van der Waals surface area contributed by atoms with Crippen LogP contribution in [0.3, 0.4) is 0 Å². The van der Waals surface area contributed by atoms with Crippen molar-refractivity contribution in [1.82, 2.24) is 15.5 Å². The van der Waals surface area contributed by atoms with Crippen molar-refractivity contribution in [3.63, 3.8) is 0 Å². The van der Waals surface area contributed by atoms with Crippen molar-refractivity contribution in [2.45, 2.75) is 24.3 Å². The summed E-state index contributed by atoms with van der Waals surface area (Å²) in [5, 5.41) is 5.60. The summed E-state index contributed by atoms with van der Waals surface area (Å²) in [5.74, 6) is -0.220. The van der Waals surface area contributed by atoms with Gasteiger partial charge in [-0.15, -0.1) is 0 Å². The molecule has 4 rings (SSSR count). The van der Waals surface area contributed by atoms with Crippen molar-refractivity contribution < 1.29 is 14.4 Å². The summed E-state index contributed by atoms with van der Waals surface area (Å²) >= 11 is 6.20. The minimum absolute atomic E-state index is 0.0424. The molecule has 0 unspecified atom stereocenters. The molecule has 0 bridgehead atoms. The number of nitrogens with one attached hydrogen (secondary N) is 2. The number of nitrogens with zero attached hydrogens (tertiary/aromatic N) is 1. The average Bonchev–Trinajstić information content (AvgIpc) is 3.11. The summed E-state index contributed by atoms with van der Waals surface area (Å²) in [6.07, 6.45) is 1.24. The Kier molecular flexibility index (Phi) is 3.13. The third-order valence-corrected chi connectivity index (χ3v) is 5.35. The van der Waals surface area contributed by atoms with E-state index in [0.29, 0.717) is 18.0 Å². The van der Waals surface area contributed by atoms with Crippen LogP contribution in [0.2, 0.25) is 5.02 Å². The minimum atomic E-state index is -0.943. The Bertz CT molecular complexity index is 722. The number of benzene rings is 1. The van der Waals surface area contributed by atoms with Crippen molar-refractivity contribution in [3.8, 4) is 0 Å². The maximum absolute atomic E-state index is 12.7. The van der Waals surface area contributed by atoms with Crippen molar-refractivity contribution >= 4 is 29.4 Å². The largest absolute Gasteiger partial charge is 0.339 e. The van der Waals surface area contributed by atoms with Crippen LogP contribution in [0.4, 0.5) is 4.79 Å². The topological polar surface area (TPSA) is 78.5 Å². The normalized spacial score (nSPS) is 32.1. The average molecular weight is 334 g/mol. The van der Waals surface area contributed by atoms with Gasteiger partial charge in [-0.3, -0.25) is 14.9 Å². The van der Waals surface area contributed by atoms with Gasteiger partial charge in [0.05, 0.1) is 6.54 Å². The van der Waals surface area contributed by atoms with Gasteiger partial charge in [-0.2, -0.15) is 0 Å². The number of halogens is 1. The predicted molar refractivity (Wildman–Crippen MR) is 82.9 cm³/mol. The Morgan fingerprint density at radius 3 is 2.78 bits per heavy atom. The van der Waals surface area contributed by atoms with Crippen molar-refractivity contribution in [3.05, 3.63) is 34.9 Å². The lowest BCUT2D eigenvalue weighted by Gasteiger charge is -2.21. The molecule has 1 saturated carbocycles. The molecule has 2 saturated heterocycles. The van der Waals surface area contributed by atoms with Gasteiger partial charge in [0.15, 0.2) is 0 Å². The molecule has 1 spiro atoms. The Morgan fingerprint density at radius 2 is 2.09 bits per heavy atom. The highest BCUT2D eigenvalue weighted by atomic mass is 35.5. The number of hydrogen-bond acceptors (Lipinski definition) is 3. The fraction of sp³-hybridized carbons (Fsp3) is 0.438. The van der Waals surface area contributed by atoms with Crippen LogP contribution in [-0.2, 0) is 9.59 Å². The lowest BCUT2D eigenvalue weighted by Crippen LogP contribution is -2.49. The molecule has 4 amide bonds. The van der Waals surface area contributed by atoms with Crippen LogP contribution in [0.1, 0.15) is 24.3 Å². The molecule has 3 aliphatic rings. The molecule has 2 aliphatic heterocycles. The maximum atomic E-state index is 12.7. The van der Waals surface area contributed by atoms with Crippen LogP contribution in [-0.4, -0.2) is 41.4 Å². The molecule has 3 fully saturated rings. The second-order valence-electron chi connectivity index (χ2n) is 6.47. The minimum Gasteiger partial charge on any atom is -0.339 e. The number of amides is 4. The Hall–Kier alpha value is -2.08. The van der Waals surface area contributed by atoms with E-state index in [1.165, 1.54) is 0 Å². The smallest absolute Gasteiger partial charge is 0.322 e. The number of rotatable bonds is 2. The molecular weight excluding hydrogens is 318 g/mol. The number of hydrogen-bond donors (Lipinski definition) is 2. The number of imide groups is 1. The van der Waals surface area contributed by atoms with Crippen LogP contribution in [0, 0.1) is 5.92 Å². The highest BCUT2D eigenvalue weighted by Crippen LogP contribution is 2.50. The Labute approximate surface area is 138 Å². The van der Waals surface area contributed by atoms with E-state index in [1.807, 2.05) is 24.3 Å². The van der Waals surface area contributed by atoms with E-state index < -0.39 is 11.6 Å². The number of carbonyl (C=O) groups excluding carboxylic acids is 3. The maximum Gasteiger partial charge on any atom is 0.322 e. The van der Waals surface area contributed by atoms with Crippen LogP contribution >= 0.6 is 11.6 Å². The van der Waals surface area contributed by atoms with Gasteiger partial charge in [-0.05, 0) is 30.4 Å². The second-order valence-corrected chi connectivity index (χ2v) is 6.88. The summed E-state index contributed by atoms with van der Waals surface area (Å²) in [4.78, 5) is 37.7. The fourth-order valence-electron chi connectivity index (χ4n) is 3.64. The molecule has 2 heterocycles. The zero-order chi connectivity index (χ0) is 16.2. The monoisotopic (exact) mass is 333 g/mol. The van der Waals surface area contributed by atoms with Gasteiger partial charge in [-0.1, -0.05) is 29.8 Å². The molecule has 23 heavy (non-hydrogen) atoms. The fourth-order valence-corrected chi connectivity index (χ4v) is 3.91. The van der Waals surface area contributed by atoms with E-state index in [-0.39, 0.29) is 30.2 Å². The molecule has 0 aromatic heterocycles. The molecular formula is C16H16ClN3O3. The Morgan fingerprint density at radius 1 is 1.30 bits per heavy atom. The first-order chi connectivity index (χ1) is 11.0. The summed E-state index contributed by atoms with van der Waals surface area (Å²) in [6.45, 7) is 0.730. The Balaban J connectivity index is 1.45. The lowest BCUT2D eigenvalue weighted by atomic mass is 9.99. The molecule has 6 nitrogen and oxygen atoms in total. The van der Waals surface area contributed by atoms with E-state index in [2.05, 4.69) is 10.6 Å². The number of carbonyl (C=O) groups is 3. The molecule has 0 radical (unpaired) electrons. The van der Waals surface area contributed by atoms with Crippen molar-refractivity contribution in [2.75, 3.05) is 13.1 Å². The summed E-state index contributed by atoms with van der Waals surface area (Å²) in [7, 11) is 0. The third kappa shape index (κ3) is 2.28. The van der Waals surface area contributed by atoms with Crippen LogP contribution in [0.25, 0.3) is 0 Å². The zero-order valence-corrected chi connectivity index (χ0v) is 13.1. The van der Waals surface area contributed by atoms with E-state index in [0.717, 1.165) is 12.0 Å². The van der Waals surface area contributed by atoms with Gasteiger partial charge in [0.1, 0.15) is 5.54 Å². The van der Waals surface area contributed by atoms with Gasteiger partial charge >= 0.3 is 6.03 Å². The van der Waals surface area contributed by atoms with E-state index in [1.54, 1.807) is 4.90 Å². The molecule has 1 aromatic carbocycles. The number of urea groups is 1. The third-order valence-electron chi connectivity index (χ3n) is 5.01. The van der Waals surface area contributed by atoms with Gasteiger partial charge in [0.25, 0.3) is 5.91 Å². The first kappa shape index (κ1) is 14.5. The lowest BCUT2D eigenvalue weighted by molar-refractivity contribution is -0.132. The molecule has 2 N–H and O–H groups in total. The molecule has 1 aliphatic carbocycles. The summed E-state index contributed by atoms with van der Waals surface area (Å²) in [6, 6.07) is 7.10. The summed E-state index contributed by atoms with van der Waals surface area (Å²) in [5.41, 5.74) is 0.0648. The van der Waals surface area contributed by atoms with E-state index >= 15 is 0 Å². The second kappa shape index (κ2) is 4.96. The molecule has 7 heteroatoms. The van der Waals surface area contributed by atoms with E-state index in [4.69, 9.17) is 11.6 Å². The highest BCUT2D eigenvalue weighted by Gasteiger charge is 2.54. The quantitative estimate of drug-likeness (QED) is 0.800. The van der Waals surface area contributed by atoms with Gasteiger partial charge in [0.2, 0.25) is 5.91 Å². The van der Waals surface area contributed by atoms with Gasteiger partial charge in [-0.25, -0.2) is 4.79 Å². The first-order valence-electron chi connectivity index (χ1n) is 7.67. The molecule has 120 valence electrons. The summed E-state index contributed by atoms with van der Waals surface area (Å²) < 4.78 is 0. The van der Waals surface area contributed by atoms with Crippen molar-refractivity contribution in [2.24, 2.45) is 5.92 Å². The molecule has 3 atom stereocenters. The van der Waals surface area contributed by atoms with Crippen LogP contribution in [0.5, 0.6) is 0 Å². The predicted octanol–water partition coefficient (Wildman–Crippen LogP) is 1.25. The zero-order valence-electron chi connectivity index (χ0n) is 12.3. The van der Waals surface area contributed by atoms with Crippen LogP contribution in [0.15, 0.2) is 24.3 Å². The van der Waals surface area contributed by atoms with Gasteiger partial charge < -0.3 is 10.2 Å². The highest BCUT2D eigenvalue weighted by molar-refractivity contribution is 6.31. The van der Waals surface area contributed by atoms with Crippen LogP contribution < -0.4 is 10.6 Å². The standard InChI is InChI=1S/C16H16ClN3O3/c17-12-4-2-1-3-9(12)10-7-11(10)13(21)20-6-5-16(8-20)14(22)18-15(23)19-16/h1-4,10-11H,5-8H2,(H2,18,19,22,23)/t10-,11-,16-/m1/s1. The van der Waals surface area contributed by atoms with Gasteiger partial charge in [0, 0.05) is 17.5 Å². The number of likely N-dealkylation sites (tertiary alicyclic amines) is 1. The first-order valence-corrected chi connectivity index (χ1v) is 8.05. The SMILES string of the molecule is O=C1NC(=O)[C@]2(CCN(C(=O)[C@@H]3C[C@@H]3c3ccccc3Cl)C2)N1. The van der Waals surface area contributed by atoms with E-state index in [9.17, 15) is 14.4 Å².